The Bertz CT molecular complexity index is 558. The van der Waals surface area contributed by atoms with Gasteiger partial charge in [0, 0.05) is 0 Å². The van der Waals surface area contributed by atoms with E-state index >= 15 is 0 Å². The van der Waals surface area contributed by atoms with Crippen LogP contribution in [0.25, 0.3) is 0 Å². The molecule has 2 bridgehead atoms. The lowest BCUT2D eigenvalue weighted by atomic mass is 9.96. The third kappa shape index (κ3) is 26.8. The molecular formula is C35H62I2. The summed E-state index contributed by atoms with van der Waals surface area (Å²) >= 11 is 4.50. The van der Waals surface area contributed by atoms with Gasteiger partial charge in [0.2, 0.25) is 0 Å². The van der Waals surface area contributed by atoms with Crippen molar-refractivity contribution in [1.29, 1.82) is 0 Å². The van der Waals surface area contributed by atoms with Crippen LogP contribution in [0.15, 0.2) is 101 Å². The van der Waals surface area contributed by atoms with Crippen LogP contribution in [0.5, 0.6) is 0 Å². The Morgan fingerprint density at radius 2 is 1.30 bits per heavy atom. The van der Waals surface area contributed by atoms with Crippen molar-refractivity contribution in [1.82, 2.24) is 0 Å². The van der Waals surface area contributed by atoms with Crippen LogP contribution in [0, 0.1) is 35.5 Å². The Morgan fingerprint density at radius 1 is 0.811 bits per heavy atom. The summed E-state index contributed by atoms with van der Waals surface area (Å²) in [5.41, 5.74) is 0. The van der Waals surface area contributed by atoms with Crippen molar-refractivity contribution in [2.24, 2.45) is 35.5 Å². The monoisotopic (exact) mass is 736 g/mol. The van der Waals surface area contributed by atoms with Gasteiger partial charge in [0.25, 0.3) is 0 Å². The molecule has 2 saturated carbocycles. The standard InChI is InChI=1S/C10H16.C8H12.C5H6.C3H7I.C3H6.2C2H4.CH3I.CH4/c1-4-9-6-8(3)10(5-2)7-9;1-6-4-7-2-3-8(6)5-7;1-2-4-5-3-1;1-2-3-4;1-3-2;3*1-2;/h4-5,8-10H,1-2,6-7H2,3H3;2-3,6-8H,4-5H2,1H3;1-4H,5H2;2-3H2,1H3;3H,1H2,2H3;2*1-2H2;1H3;1H4. The van der Waals surface area contributed by atoms with Gasteiger partial charge in [-0.2, -0.15) is 0 Å². The molecule has 4 aliphatic carbocycles. The molecule has 0 nitrogen and oxygen atoms in total. The molecule has 0 aliphatic heterocycles. The topological polar surface area (TPSA) is 0 Å². The van der Waals surface area contributed by atoms with E-state index in [1.54, 1.807) is 6.08 Å². The van der Waals surface area contributed by atoms with Crippen LogP contribution in [0.3, 0.4) is 0 Å². The smallest absolute Gasteiger partial charge is 0.000735 e. The molecule has 0 aromatic carbocycles. The van der Waals surface area contributed by atoms with E-state index in [9.17, 15) is 0 Å². The molecule has 2 heteroatoms. The molecule has 37 heavy (non-hydrogen) atoms. The van der Waals surface area contributed by atoms with Crippen LogP contribution in [0.2, 0.25) is 0 Å². The lowest BCUT2D eigenvalue weighted by Gasteiger charge is -2.09. The fraction of sp³-hybridized carbons (Fsp3) is 0.543. The van der Waals surface area contributed by atoms with Gasteiger partial charge in [0.1, 0.15) is 0 Å². The number of allylic oxidation sites excluding steroid dienone is 9. The summed E-state index contributed by atoms with van der Waals surface area (Å²) in [5, 5.41) is 0. The van der Waals surface area contributed by atoms with Crippen molar-refractivity contribution in [2.45, 2.75) is 73.6 Å². The molecule has 0 amide bonds. The van der Waals surface area contributed by atoms with E-state index in [1.807, 2.05) is 11.9 Å². The molecule has 4 rings (SSSR count). The predicted octanol–water partition coefficient (Wildman–Crippen LogP) is 13.1. The van der Waals surface area contributed by atoms with Gasteiger partial charge in [-0.1, -0.05) is 128 Å². The first kappa shape index (κ1) is 46.2. The van der Waals surface area contributed by atoms with Crippen molar-refractivity contribution < 1.29 is 0 Å². The maximum atomic E-state index is 3.83. The minimum absolute atomic E-state index is 0. The molecule has 0 aromatic rings. The Kier molecular flexibility index (Phi) is 46.9. The first-order chi connectivity index (χ1) is 17.5. The minimum Gasteiger partial charge on any atom is -0.106 e. The van der Waals surface area contributed by atoms with E-state index in [1.165, 1.54) is 36.5 Å². The van der Waals surface area contributed by atoms with Crippen molar-refractivity contribution in [2.75, 3.05) is 9.36 Å². The lowest BCUT2D eigenvalue weighted by Crippen LogP contribution is -1.99. The molecule has 0 N–H and O–H groups in total. The molecule has 0 heterocycles. The van der Waals surface area contributed by atoms with E-state index in [0.717, 1.165) is 41.9 Å². The summed E-state index contributed by atoms with van der Waals surface area (Å²) in [6.07, 6.45) is 27.0. The zero-order valence-corrected chi connectivity index (χ0v) is 28.6. The van der Waals surface area contributed by atoms with Crippen LogP contribution in [-0.4, -0.2) is 9.36 Å². The fourth-order valence-electron chi connectivity index (χ4n) is 4.30. The Labute approximate surface area is 262 Å². The van der Waals surface area contributed by atoms with Crippen LogP contribution in [-0.2, 0) is 0 Å². The molecule has 0 aromatic heterocycles. The average molecular weight is 737 g/mol. The van der Waals surface area contributed by atoms with Crippen LogP contribution in [0.1, 0.15) is 73.6 Å². The SMILES string of the molecule is C.C1=CCC=C1.C=C.C=C.C=CC.C=CC1CC(C)C(C=C)C1.CC1CC2C=CC1C2.CCCI.CI. The highest BCUT2D eigenvalue weighted by atomic mass is 127. The maximum absolute atomic E-state index is 3.83. The second-order valence-electron chi connectivity index (χ2n) is 8.79. The minimum atomic E-state index is 0. The zero-order valence-electron chi connectivity index (χ0n) is 24.3. The van der Waals surface area contributed by atoms with E-state index in [-0.39, 0.29) is 7.43 Å². The average Bonchev–Trinajstić information content (AvgIpc) is 3.75. The molecular weight excluding hydrogens is 674 g/mol. The van der Waals surface area contributed by atoms with Crippen LogP contribution >= 0.6 is 45.2 Å². The number of hydrogen-bond acceptors (Lipinski definition) is 0. The Morgan fingerprint density at radius 3 is 1.46 bits per heavy atom. The first-order valence-corrected chi connectivity index (χ1v) is 16.9. The van der Waals surface area contributed by atoms with Crippen molar-refractivity contribution in [3.8, 4) is 0 Å². The van der Waals surface area contributed by atoms with E-state index in [4.69, 9.17) is 0 Å². The van der Waals surface area contributed by atoms with Gasteiger partial charge in [-0.25, -0.2) is 0 Å². The van der Waals surface area contributed by atoms with Crippen LogP contribution < -0.4 is 0 Å². The van der Waals surface area contributed by atoms with E-state index < -0.39 is 0 Å². The fourth-order valence-corrected chi connectivity index (χ4v) is 4.30. The number of rotatable bonds is 3. The second-order valence-corrected chi connectivity index (χ2v) is 9.87. The summed E-state index contributed by atoms with van der Waals surface area (Å²) in [5.74, 6) is 5.22. The molecule has 4 aliphatic rings. The summed E-state index contributed by atoms with van der Waals surface area (Å²) in [6, 6.07) is 0. The molecule has 0 radical (unpaired) electrons. The summed E-state index contributed by atoms with van der Waals surface area (Å²) in [7, 11) is 0. The van der Waals surface area contributed by atoms with Crippen molar-refractivity contribution >= 4 is 45.2 Å². The summed E-state index contributed by atoms with van der Waals surface area (Å²) in [6.45, 7) is 31.7. The number of fused-ring (bicyclic) bond motifs is 2. The van der Waals surface area contributed by atoms with Gasteiger partial charge in [-0.05, 0) is 90.3 Å². The first-order valence-electron chi connectivity index (χ1n) is 13.2. The molecule has 2 fully saturated rings. The van der Waals surface area contributed by atoms with Gasteiger partial charge in [-0.3, -0.25) is 0 Å². The third-order valence-electron chi connectivity index (χ3n) is 6.07. The van der Waals surface area contributed by atoms with E-state index in [0.29, 0.717) is 0 Å². The van der Waals surface area contributed by atoms with Crippen molar-refractivity contribution in [3.05, 3.63) is 101 Å². The number of halogens is 2. The number of alkyl halides is 2. The number of hydrogen-bond donors (Lipinski definition) is 0. The molecule has 0 spiro atoms. The van der Waals surface area contributed by atoms with Crippen molar-refractivity contribution in [3.63, 3.8) is 0 Å². The van der Waals surface area contributed by atoms with Gasteiger partial charge in [0.15, 0.2) is 0 Å². The van der Waals surface area contributed by atoms with Gasteiger partial charge in [-0.15, -0.1) is 46.1 Å². The van der Waals surface area contributed by atoms with Gasteiger partial charge in [0.05, 0.1) is 0 Å². The Hall–Kier alpha value is -0.620. The Balaban J connectivity index is -0.000000114. The van der Waals surface area contributed by atoms with Gasteiger partial charge >= 0.3 is 0 Å². The highest BCUT2D eigenvalue weighted by molar-refractivity contribution is 14.1. The molecule has 216 valence electrons. The van der Waals surface area contributed by atoms with Gasteiger partial charge < -0.3 is 0 Å². The summed E-state index contributed by atoms with van der Waals surface area (Å²) in [4.78, 5) is 1.97. The summed E-state index contributed by atoms with van der Waals surface area (Å²) < 4.78 is 1.29. The predicted molar refractivity (Wildman–Crippen MR) is 197 cm³/mol. The largest absolute Gasteiger partial charge is 0.106 e. The normalized spacial score (nSPS) is 25.6. The maximum Gasteiger partial charge on any atom is -0.000735 e. The second kappa shape index (κ2) is 37.5. The molecule has 6 atom stereocenters. The highest BCUT2D eigenvalue weighted by Crippen LogP contribution is 2.42. The third-order valence-corrected chi connectivity index (χ3v) is 7.15. The zero-order chi connectivity index (χ0) is 28.8. The van der Waals surface area contributed by atoms with Crippen LogP contribution in [0.4, 0.5) is 0 Å². The van der Waals surface area contributed by atoms with E-state index in [2.05, 4.69) is 161 Å². The molecule has 6 unspecified atom stereocenters. The molecule has 0 saturated heterocycles. The quantitative estimate of drug-likeness (QED) is 0.154. The lowest BCUT2D eigenvalue weighted by molar-refractivity contribution is 0.493. The highest BCUT2D eigenvalue weighted by Gasteiger charge is 2.32.